The third kappa shape index (κ3) is 6.67. The third-order valence-corrected chi connectivity index (χ3v) is 10.3. The highest BCUT2D eigenvalue weighted by atomic mass is 32.2. The van der Waals surface area contributed by atoms with Gasteiger partial charge in [0.25, 0.3) is 10.0 Å². The first-order valence-electron chi connectivity index (χ1n) is 15.4. The molecule has 3 heterocycles. The van der Waals surface area contributed by atoms with Gasteiger partial charge in [-0.15, -0.1) is 0 Å². The summed E-state index contributed by atoms with van der Waals surface area (Å²) in [6, 6.07) is 33.4. The van der Waals surface area contributed by atoms with E-state index >= 15 is 0 Å². The van der Waals surface area contributed by atoms with E-state index in [1.54, 1.807) is 36.5 Å². The maximum absolute atomic E-state index is 13.1. The topological polar surface area (TPSA) is 95.9 Å². The van der Waals surface area contributed by atoms with Crippen LogP contribution in [0.25, 0.3) is 11.0 Å². The Morgan fingerprint density at radius 1 is 0.848 bits per heavy atom. The molecule has 1 aliphatic rings. The minimum absolute atomic E-state index is 0. The van der Waals surface area contributed by atoms with E-state index in [0.29, 0.717) is 25.3 Å². The Morgan fingerprint density at radius 2 is 1.63 bits per heavy atom. The maximum atomic E-state index is 13.1. The third-order valence-electron chi connectivity index (χ3n) is 8.53. The molecule has 1 aliphatic carbocycles. The number of rotatable bonds is 11. The maximum Gasteiger partial charge on any atom is 0.267 e. The van der Waals surface area contributed by atoms with Crippen LogP contribution in [0, 0.1) is 0 Å². The van der Waals surface area contributed by atoms with Crippen molar-refractivity contribution < 1.29 is 8.42 Å². The van der Waals surface area contributed by atoms with Crippen LogP contribution in [0.15, 0.2) is 120 Å². The van der Waals surface area contributed by atoms with Gasteiger partial charge in [-0.1, -0.05) is 68.1 Å². The molecule has 6 aromatic rings. The van der Waals surface area contributed by atoms with Crippen LogP contribution in [0.5, 0.6) is 0 Å². The molecule has 0 radical (unpaired) electrons. The molecule has 9 heteroatoms. The summed E-state index contributed by atoms with van der Waals surface area (Å²) in [6.45, 7) is 2.53. The second kappa shape index (κ2) is 13.8. The van der Waals surface area contributed by atoms with Gasteiger partial charge in [0.2, 0.25) is 0 Å². The lowest BCUT2D eigenvalue weighted by atomic mass is 9.90. The summed E-state index contributed by atoms with van der Waals surface area (Å²) in [5.74, 6) is 0.958. The fraction of sp³-hybridized carbons (Fsp3) is 0.243. The van der Waals surface area contributed by atoms with Crippen molar-refractivity contribution in [2.45, 2.75) is 63.8 Å². The molecule has 46 heavy (non-hydrogen) atoms. The molecule has 0 saturated carbocycles. The Bertz CT molecular complexity index is 1970. The lowest BCUT2D eigenvalue weighted by Gasteiger charge is -2.34. The fourth-order valence-corrected chi connectivity index (χ4v) is 7.69. The number of nitrogens with zero attached hydrogens (tertiary/aromatic N) is 4. The molecule has 0 amide bonds. The second-order valence-corrected chi connectivity index (χ2v) is 13.4. The van der Waals surface area contributed by atoms with E-state index in [4.69, 9.17) is 9.97 Å². The van der Waals surface area contributed by atoms with E-state index in [1.807, 2.05) is 42.6 Å². The number of H-pyrrole nitrogens is 1. The number of aromatic nitrogens is 4. The van der Waals surface area contributed by atoms with Gasteiger partial charge in [0.15, 0.2) is 0 Å². The molecule has 0 fully saturated rings. The highest BCUT2D eigenvalue weighted by Crippen LogP contribution is 2.34. The van der Waals surface area contributed by atoms with Crippen LogP contribution in [-0.2, 0) is 42.6 Å². The first kappa shape index (κ1) is 31.4. The van der Waals surface area contributed by atoms with Crippen LogP contribution in [0.1, 0.15) is 60.2 Å². The molecule has 2 N–H and O–H groups in total. The minimum atomic E-state index is -3.64. The molecule has 0 bridgehead atoms. The molecule has 8 nitrogen and oxygen atoms in total. The smallest absolute Gasteiger partial charge is 0.267 e. The molecule has 0 saturated heterocycles. The minimum Gasteiger partial charge on any atom is -0.341 e. The zero-order chi connectivity index (χ0) is 30.6. The lowest BCUT2D eigenvalue weighted by molar-refractivity contribution is 0.153. The Hall–Kier alpha value is -4.57. The standard InChI is InChI=1S/C36H36N6O2S.CH4/c43-45(44,31-12-2-1-3-13-31)42-22-8-11-30(42)24-37-23-27-17-19-28(20-18-27)25-41(26-35-39-32-14-4-5-15-33(32)40-35)34-16-6-9-29-10-7-21-38-36(29)34;/h1-5,7-8,10-15,17-22,34,37H,6,9,16,23-26H2,(H,39,40);1H4. The quantitative estimate of drug-likeness (QED) is 0.160. The molecule has 1 atom stereocenters. The van der Waals surface area contributed by atoms with Gasteiger partial charge in [0.1, 0.15) is 5.82 Å². The van der Waals surface area contributed by atoms with Crippen LogP contribution in [0.3, 0.4) is 0 Å². The van der Waals surface area contributed by atoms with Gasteiger partial charge in [-0.25, -0.2) is 17.4 Å². The number of imidazole rings is 1. The first-order chi connectivity index (χ1) is 22.0. The number of nitrogens with one attached hydrogen (secondary N) is 2. The molecule has 236 valence electrons. The van der Waals surface area contributed by atoms with Crippen molar-refractivity contribution in [3.05, 3.63) is 149 Å². The zero-order valence-electron chi connectivity index (χ0n) is 25.0. The van der Waals surface area contributed by atoms with Crippen LogP contribution in [0.4, 0.5) is 0 Å². The number of pyridine rings is 1. The molecule has 0 spiro atoms. The fourth-order valence-electron chi connectivity index (χ4n) is 6.30. The Labute approximate surface area is 271 Å². The largest absolute Gasteiger partial charge is 0.341 e. The van der Waals surface area contributed by atoms with Crippen molar-refractivity contribution in [3.8, 4) is 0 Å². The van der Waals surface area contributed by atoms with Crippen LogP contribution in [0.2, 0.25) is 0 Å². The van der Waals surface area contributed by atoms with Crippen molar-refractivity contribution >= 4 is 21.1 Å². The molecule has 7 rings (SSSR count). The summed E-state index contributed by atoms with van der Waals surface area (Å²) in [5, 5.41) is 3.42. The summed E-state index contributed by atoms with van der Waals surface area (Å²) < 4.78 is 27.6. The monoisotopic (exact) mass is 632 g/mol. The van der Waals surface area contributed by atoms with Crippen molar-refractivity contribution in [1.29, 1.82) is 0 Å². The van der Waals surface area contributed by atoms with Crippen LogP contribution in [-0.4, -0.2) is 32.2 Å². The molecular weight excluding hydrogens is 593 g/mol. The van der Waals surface area contributed by atoms with Gasteiger partial charge < -0.3 is 10.3 Å². The van der Waals surface area contributed by atoms with Crippen LogP contribution < -0.4 is 5.32 Å². The summed E-state index contributed by atoms with van der Waals surface area (Å²) in [4.78, 5) is 16.0. The highest BCUT2D eigenvalue weighted by Gasteiger charge is 2.28. The van der Waals surface area contributed by atoms with E-state index in [-0.39, 0.29) is 18.4 Å². The molecule has 3 aromatic carbocycles. The van der Waals surface area contributed by atoms with Gasteiger partial charge in [0.05, 0.1) is 34.2 Å². The predicted molar refractivity (Wildman–Crippen MR) is 182 cm³/mol. The average molecular weight is 633 g/mol. The van der Waals surface area contributed by atoms with Crippen molar-refractivity contribution in [3.63, 3.8) is 0 Å². The van der Waals surface area contributed by atoms with Gasteiger partial charge in [0, 0.05) is 37.7 Å². The molecule has 0 aliphatic heterocycles. The Kier molecular flexibility index (Phi) is 9.44. The van der Waals surface area contributed by atoms with E-state index in [2.05, 4.69) is 51.6 Å². The number of hydrogen-bond acceptors (Lipinski definition) is 6. The van der Waals surface area contributed by atoms with Crippen molar-refractivity contribution in [2.75, 3.05) is 0 Å². The number of benzene rings is 3. The normalized spacial score (nSPS) is 14.7. The van der Waals surface area contributed by atoms with E-state index in [1.165, 1.54) is 20.8 Å². The molecule has 3 aromatic heterocycles. The van der Waals surface area contributed by atoms with Crippen molar-refractivity contribution in [2.24, 2.45) is 0 Å². The van der Waals surface area contributed by atoms with Crippen LogP contribution >= 0.6 is 0 Å². The first-order valence-corrected chi connectivity index (χ1v) is 16.9. The van der Waals surface area contributed by atoms with Gasteiger partial charge >= 0.3 is 0 Å². The van der Waals surface area contributed by atoms with Crippen molar-refractivity contribution in [1.82, 2.24) is 29.1 Å². The lowest BCUT2D eigenvalue weighted by Crippen LogP contribution is -2.31. The highest BCUT2D eigenvalue weighted by molar-refractivity contribution is 7.90. The van der Waals surface area contributed by atoms with E-state index < -0.39 is 10.0 Å². The number of fused-ring (bicyclic) bond motifs is 2. The SMILES string of the molecule is C.O=S(=O)(c1ccccc1)n1cccc1CNCc1ccc(CN(Cc2nc3ccccc3[nH]2)C2CCCc3cccnc32)cc1. The zero-order valence-corrected chi connectivity index (χ0v) is 25.8. The summed E-state index contributed by atoms with van der Waals surface area (Å²) in [7, 11) is -3.64. The average Bonchev–Trinajstić information content (AvgIpc) is 3.73. The second-order valence-electron chi connectivity index (χ2n) is 11.6. The number of aromatic amines is 1. The molecule has 1 unspecified atom stereocenters. The van der Waals surface area contributed by atoms with Gasteiger partial charge in [-0.3, -0.25) is 9.88 Å². The van der Waals surface area contributed by atoms with E-state index in [0.717, 1.165) is 48.2 Å². The number of aryl methyl sites for hydroxylation is 1. The Morgan fingerprint density at radius 3 is 2.46 bits per heavy atom. The number of para-hydroxylation sites is 2. The Balaban J connectivity index is 0.00000372. The summed E-state index contributed by atoms with van der Waals surface area (Å²) >= 11 is 0. The summed E-state index contributed by atoms with van der Waals surface area (Å²) in [6.07, 6.45) is 6.79. The van der Waals surface area contributed by atoms with Gasteiger partial charge in [-0.2, -0.15) is 0 Å². The van der Waals surface area contributed by atoms with E-state index in [9.17, 15) is 8.42 Å². The summed E-state index contributed by atoms with van der Waals surface area (Å²) in [5.41, 5.74) is 7.61. The molecular formula is C37H40N6O2S. The van der Waals surface area contributed by atoms with Gasteiger partial charge in [-0.05, 0) is 78.4 Å². The number of hydrogen-bond donors (Lipinski definition) is 2. The predicted octanol–water partition coefficient (Wildman–Crippen LogP) is 7.00.